The van der Waals surface area contributed by atoms with Crippen LogP contribution in [0.3, 0.4) is 0 Å². The van der Waals surface area contributed by atoms with E-state index in [1.165, 1.54) is 12.5 Å². The summed E-state index contributed by atoms with van der Waals surface area (Å²) in [6.07, 6.45) is 4.84. The van der Waals surface area contributed by atoms with E-state index >= 15 is 0 Å². The normalized spacial score (nSPS) is 28.3. The van der Waals surface area contributed by atoms with E-state index in [1.807, 2.05) is 6.07 Å². The lowest BCUT2D eigenvalue weighted by Gasteiger charge is -2.35. The number of halogens is 1. The van der Waals surface area contributed by atoms with E-state index in [2.05, 4.69) is 5.32 Å². The lowest BCUT2D eigenvalue weighted by atomic mass is 9.83. The van der Waals surface area contributed by atoms with Gasteiger partial charge in [-0.05, 0) is 37.3 Å². The van der Waals surface area contributed by atoms with Crippen molar-refractivity contribution in [2.75, 3.05) is 18.5 Å². The second kappa shape index (κ2) is 4.65. The Labute approximate surface area is 101 Å². The van der Waals surface area contributed by atoms with Gasteiger partial charge in [-0.15, -0.1) is 0 Å². The molecule has 0 aliphatic carbocycles. The van der Waals surface area contributed by atoms with Crippen LogP contribution in [0.1, 0.15) is 37.2 Å². The van der Waals surface area contributed by atoms with Crippen molar-refractivity contribution in [3.05, 3.63) is 29.6 Å². The molecule has 0 bridgehead atoms. The van der Waals surface area contributed by atoms with Crippen molar-refractivity contribution in [1.82, 2.24) is 0 Å². The molecule has 1 saturated heterocycles. The van der Waals surface area contributed by atoms with Crippen LogP contribution in [-0.2, 0) is 4.74 Å². The van der Waals surface area contributed by atoms with Crippen LogP contribution in [0.15, 0.2) is 18.2 Å². The molecule has 92 valence electrons. The molecule has 0 spiro atoms. The van der Waals surface area contributed by atoms with Crippen molar-refractivity contribution in [2.45, 2.75) is 37.7 Å². The topological polar surface area (TPSA) is 21.3 Å². The third kappa shape index (κ3) is 2.04. The van der Waals surface area contributed by atoms with E-state index < -0.39 is 0 Å². The van der Waals surface area contributed by atoms with E-state index in [9.17, 15) is 4.39 Å². The SMILES string of the molecule is Fc1cccc2c1NCCC2C1CCCCO1. The fourth-order valence-corrected chi connectivity index (χ4v) is 3.01. The molecule has 2 nitrogen and oxygen atoms in total. The summed E-state index contributed by atoms with van der Waals surface area (Å²) in [5.41, 5.74) is 1.79. The van der Waals surface area contributed by atoms with Crippen molar-refractivity contribution in [3.63, 3.8) is 0 Å². The maximum Gasteiger partial charge on any atom is 0.146 e. The molecule has 2 aliphatic rings. The zero-order chi connectivity index (χ0) is 11.7. The van der Waals surface area contributed by atoms with Gasteiger partial charge in [0.1, 0.15) is 5.82 Å². The van der Waals surface area contributed by atoms with E-state index in [4.69, 9.17) is 4.74 Å². The van der Waals surface area contributed by atoms with Gasteiger partial charge in [0.05, 0.1) is 11.8 Å². The first-order valence-electron chi connectivity index (χ1n) is 6.50. The van der Waals surface area contributed by atoms with Crippen molar-refractivity contribution >= 4 is 5.69 Å². The van der Waals surface area contributed by atoms with E-state index in [0.29, 0.717) is 11.6 Å². The van der Waals surface area contributed by atoms with Gasteiger partial charge >= 0.3 is 0 Å². The third-order valence-corrected chi connectivity index (χ3v) is 3.87. The zero-order valence-electron chi connectivity index (χ0n) is 9.92. The van der Waals surface area contributed by atoms with Gasteiger partial charge in [0.2, 0.25) is 0 Å². The molecule has 0 radical (unpaired) electrons. The van der Waals surface area contributed by atoms with Gasteiger partial charge < -0.3 is 10.1 Å². The van der Waals surface area contributed by atoms with Gasteiger partial charge in [0.25, 0.3) is 0 Å². The second-order valence-corrected chi connectivity index (χ2v) is 4.93. The molecular formula is C14H18FNO. The van der Waals surface area contributed by atoms with Crippen molar-refractivity contribution in [2.24, 2.45) is 0 Å². The zero-order valence-corrected chi connectivity index (χ0v) is 9.92. The largest absolute Gasteiger partial charge is 0.382 e. The van der Waals surface area contributed by atoms with Gasteiger partial charge in [-0.25, -0.2) is 4.39 Å². The molecule has 3 heteroatoms. The van der Waals surface area contributed by atoms with Crippen LogP contribution in [0.25, 0.3) is 0 Å². The number of hydrogen-bond acceptors (Lipinski definition) is 2. The van der Waals surface area contributed by atoms with Gasteiger partial charge in [-0.1, -0.05) is 12.1 Å². The van der Waals surface area contributed by atoms with Crippen LogP contribution in [0, 0.1) is 5.82 Å². The number of ether oxygens (including phenoxy) is 1. The lowest BCUT2D eigenvalue weighted by molar-refractivity contribution is -0.00268. The molecule has 2 unspecified atom stereocenters. The summed E-state index contributed by atoms with van der Waals surface area (Å²) in [4.78, 5) is 0. The Hall–Kier alpha value is -1.09. The Balaban J connectivity index is 1.90. The van der Waals surface area contributed by atoms with Gasteiger partial charge in [-0.2, -0.15) is 0 Å². The molecule has 1 N–H and O–H groups in total. The number of benzene rings is 1. The minimum atomic E-state index is -0.136. The standard InChI is InChI=1S/C14H18FNO/c15-12-5-3-4-11-10(7-8-16-14(11)12)13-6-1-2-9-17-13/h3-5,10,13,16H,1-2,6-9H2. The maximum absolute atomic E-state index is 13.7. The summed E-state index contributed by atoms with van der Waals surface area (Å²) in [5.74, 6) is 0.227. The Morgan fingerprint density at radius 1 is 1.24 bits per heavy atom. The first-order chi connectivity index (χ1) is 8.36. The Bertz CT molecular complexity index is 401. The van der Waals surface area contributed by atoms with Crippen LogP contribution in [-0.4, -0.2) is 19.3 Å². The molecule has 2 aliphatic heterocycles. The van der Waals surface area contributed by atoms with Gasteiger partial charge in [0.15, 0.2) is 0 Å². The smallest absolute Gasteiger partial charge is 0.146 e. The Morgan fingerprint density at radius 2 is 2.18 bits per heavy atom. The van der Waals surface area contributed by atoms with E-state index in [0.717, 1.165) is 38.0 Å². The van der Waals surface area contributed by atoms with Crippen molar-refractivity contribution in [1.29, 1.82) is 0 Å². The quantitative estimate of drug-likeness (QED) is 0.806. The third-order valence-electron chi connectivity index (χ3n) is 3.87. The summed E-state index contributed by atoms with van der Waals surface area (Å²) in [7, 11) is 0. The highest BCUT2D eigenvalue weighted by Gasteiger charge is 2.30. The van der Waals surface area contributed by atoms with Crippen LogP contribution in [0.2, 0.25) is 0 Å². The summed E-state index contributed by atoms with van der Waals surface area (Å²) >= 11 is 0. The summed E-state index contributed by atoms with van der Waals surface area (Å²) in [5, 5.41) is 3.17. The first-order valence-corrected chi connectivity index (χ1v) is 6.50. The number of anilines is 1. The molecule has 0 aromatic heterocycles. The summed E-state index contributed by atoms with van der Waals surface area (Å²) < 4.78 is 19.6. The molecule has 17 heavy (non-hydrogen) atoms. The molecule has 0 saturated carbocycles. The molecule has 1 aromatic carbocycles. The number of para-hydroxylation sites is 1. The maximum atomic E-state index is 13.7. The predicted octanol–water partition coefficient (Wildman–Crippen LogP) is 3.29. The minimum Gasteiger partial charge on any atom is -0.382 e. The molecule has 1 fully saturated rings. The minimum absolute atomic E-state index is 0.136. The molecule has 0 amide bonds. The van der Waals surface area contributed by atoms with Gasteiger partial charge in [-0.3, -0.25) is 0 Å². The summed E-state index contributed by atoms with van der Waals surface area (Å²) in [6, 6.07) is 5.36. The predicted molar refractivity (Wildman–Crippen MR) is 65.8 cm³/mol. The van der Waals surface area contributed by atoms with Crippen molar-refractivity contribution in [3.8, 4) is 0 Å². The van der Waals surface area contributed by atoms with E-state index in [1.54, 1.807) is 6.07 Å². The Morgan fingerprint density at radius 3 is 3.00 bits per heavy atom. The number of nitrogens with one attached hydrogen (secondary N) is 1. The number of rotatable bonds is 1. The average molecular weight is 235 g/mol. The van der Waals surface area contributed by atoms with Gasteiger partial charge in [0, 0.05) is 19.1 Å². The van der Waals surface area contributed by atoms with Crippen LogP contribution in [0.4, 0.5) is 10.1 Å². The first kappa shape index (κ1) is 11.0. The summed E-state index contributed by atoms with van der Waals surface area (Å²) in [6.45, 7) is 1.71. The number of fused-ring (bicyclic) bond motifs is 1. The van der Waals surface area contributed by atoms with Crippen LogP contribution >= 0.6 is 0 Å². The lowest BCUT2D eigenvalue weighted by Crippen LogP contribution is -2.31. The molecule has 2 heterocycles. The second-order valence-electron chi connectivity index (χ2n) is 4.93. The average Bonchev–Trinajstić information content (AvgIpc) is 2.40. The monoisotopic (exact) mass is 235 g/mol. The van der Waals surface area contributed by atoms with Crippen LogP contribution in [0.5, 0.6) is 0 Å². The van der Waals surface area contributed by atoms with E-state index in [-0.39, 0.29) is 11.9 Å². The van der Waals surface area contributed by atoms with Crippen molar-refractivity contribution < 1.29 is 9.13 Å². The molecular weight excluding hydrogens is 217 g/mol. The highest BCUT2D eigenvalue weighted by atomic mass is 19.1. The Kier molecular flexibility index (Phi) is 3.02. The molecule has 1 aromatic rings. The fourth-order valence-electron chi connectivity index (χ4n) is 3.01. The highest BCUT2D eigenvalue weighted by molar-refractivity contribution is 5.56. The fraction of sp³-hybridized carbons (Fsp3) is 0.571. The highest BCUT2D eigenvalue weighted by Crippen LogP contribution is 2.38. The number of hydrogen-bond donors (Lipinski definition) is 1. The van der Waals surface area contributed by atoms with Crippen LogP contribution < -0.4 is 5.32 Å². The molecule has 3 rings (SSSR count). The molecule has 2 atom stereocenters.